The molecule has 5 aromatic carbocycles. The Balaban J connectivity index is 0.000000261. The number of likely N-dealkylation sites (N-methyl/N-ethyl adjacent to an activating group) is 3. The van der Waals surface area contributed by atoms with E-state index in [-0.39, 0.29) is 91.2 Å². The van der Waals surface area contributed by atoms with Crippen LogP contribution in [0.15, 0.2) is 152 Å². The number of nitrogens with one attached hydrogen (secondary N) is 3. The second kappa shape index (κ2) is 56.3. The van der Waals surface area contributed by atoms with Crippen LogP contribution in [0, 0.1) is 17.8 Å². The second-order valence-electron chi connectivity index (χ2n) is 38.9. The molecular weight excluding hydrogens is 1760 g/mol. The summed E-state index contributed by atoms with van der Waals surface area (Å²) >= 11 is 0. The van der Waals surface area contributed by atoms with Crippen molar-refractivity contribution in [2.24, 2.45) is 23.5 Å². The molecule has 6 aliphatic rings. The zero-order valence-electron chi connectivity index (χ0n) is 82.8. The summed E-state index contributed by atoms with van der Waals surface area (Å²) in [5.41, 5.74) is 9.83. The van der Waals surface area contributed by atoms with Crippen molar-refractivity contribution < 1.29 is 95.7 Å². The van der Waals surface area contributed by atoms with Gasteiger partial charge in [-0.15, -0.1) is 12.4 Å². The van der Waals surface area contributed by atoms with Gasteiger partial charge in [-0.3, -0.25) is 38.7 Å². The molecule has 5 aromatic rings. The van der Waals surface area contributed by atoms with Gasteiger partial charge in [-0.2, -0.15) is 0 Å². The van der Waals surface area contributed by atoms with Crippen molar-refractivity contribution in [3.8, 4) is 0 Å². The first kappa shape index (κ1) is 112. The van der Waals surface area contributed by atoms with Crippen molar-refractivity contribution in [1.29, 1.82) is 0 Å². The zero-order chi connectivity index (χ0) is 98.4. The number of halogens is 1. The van der Waals surface area contributed by atoms with E-state index >= 15 is 0 Å². The molecule has 0 unspecified atom stereocenters. The van der Waals surface area contributed by atoms with Gasteiger partial charge in [0.1, 0.15) is 60.2 Å². The molecule has 0 aromatic heterocycles. The van der Waals surface area contributed by atoms with Gasteiger partial charge >= 0.3 is 36.4 Å². The Kier molecular flexibility index (Phi) is 46.5. The number of hydrogen-bond acceptors (Lipinski definition) is 21. The number of amides is 10. The number of ether oxygens (including phenoxy) is 8. The molecule has 0 aliphatic carbocycles. The number of carboxylic acid groups (broad SMARTS) is 1. The van der Waals surface area contributed by atoms with E-state index in [2.05, 4.69) is 40.2 Å². The number of carbonyl (C=O) groups excluding carboxylic acids is 10. The molecule has 10 amide bonds. The maximum atomic E-state index is 14.4. The maximum absolute atomic E-state index is 14.4. The van der Waals surface area contributed by atoms with Gasteiger partial charge in [-0.1, -0.05) is 152 Å². The van der Waals surface area contributed by atoms with Crippen LogP contribution in [-0.4, -0.2) is 301 Å². The molecule has 33 heteroatoms. The summed E-state index contributed by atoms with van der Waals surface area (Å²) in [5, 5.41) is 18.2. The van der Waals surface area contributed by atoms with Gasteiger partial charge in [0, 0.05) is 131 Å². The van der Waals surface area contributed by atoms with Gasteiger partial charge in [0.05, 0.1) is 6.04 Å². The second-order valence-corrected chi connectivity index (χ2v) is 38.9. The maximum Gasteiger partial charge on any atom is 0.410 e. The quantitative estimate of drug-likeness (QED) is 0.0192. The van der Waals surface area contributed by atoms with Crippen molar-refractivity contribution in [3.63, 3.8) is 0 Å². The van der Waals surface area contributed by atoms with Crippen LogP contribution in [0.3, 0.4) is 0 Å². The van der Waals surface area contributed by atoms with E-state index in [0.717, 1.165) is 104 Å². The fourth-order valence-corrected chi connectivity index (χ4v) is 16.8. The predicted molar refractivity (Wildman–Crippen MR) is 522 cm³/mol. The fourth-order valence-electron chi connectivity index (χ4n) is 16.8. The minimum Gasteiger partial charge on any atom is -0.480 e. The van der Waals surface area contributed by atoms with Gasteiger partial charge in [-0.05, 0) is 232 Å². The normalized spacial score (nSPS) is 18.3. The molecule has 0 spiro atoms. The first-order chi connectivity index (χ1) is 64.3. The Hall–Kier alpha value is -10.6. The van der Waals surface area contributed by atoms with E-state index in [4.69, 9.17) is 48.7 Å². The van der Waals surface area contributed by atoms with E-state index in [1.165, 1.54) is 36.4 Å². The van der Waals surface area contributed by atoms with Crippen LogP contribution in [-0.2, 0) is 99.1 Å². The monoisotopic (exact) mass is 1910 g/mol. The lowest BCUT2D eigenvalue weighted by atomic mass is 9.90. The molecule has 0 radical (unpaired) electrons. The molecule has 32 nitrogen and oxygen atoms in total. The topological polar surface area (TPSA) is 370 Å². The molecule has 11 rings (SSSR count). The minimum absolute atomic E-state index is 0. The van der Waals surface area contributed by atoms with Crippen LogP contribution in [0.2, 0.25) is 0 Å². The summed E-state index contributed by atoms with van der Waals surface area (Å²) in [4.78, 5) is 155. The van der Waals surface area contributed by atoms with E-state index in [0.29, 0.717) is 118 Å². The SMILES string of the molecule is C[C@@H](C(=O)N[C@H](C(=O)N1CCC[C@H]1CN(CCc1ccccc1)C(=O)OCc1ccccc1)C1CCOCC1)N(C)C(=O)OC(C)(C)C.C[C@@H](C(=O)N[C@H](C(=O)N1CCC[C@H]1CNCCc1ccccc1)C1CCOCC1)N(C)C(=O)OC(C)(C)C.C[C@@H](C(=O)O)N(C)C(=O)OC(C)(C)C.Cl.N[C@H](C(=O)N1CCC[C@H]1CN(CCc1ccccc1)C(=O)OCc1ccccc1)C1CCOCC1. The number of carboxylic acids is 1. The molecule has 6 aliphatic heterocycles. The first-order valence-electron chi connectivity index (χ1n) is 48.1. The molecule has 752 valence electrons. The number of aliphatic carboxylic acids is 1. The molecule has 6 fully saturated rings. The number of rotatable bonds is 33. The van der Waals surface area contributed by atoms with Crippen LogP contribution in [0.25, 0.3) is 0 Å². The minimum atomic E-state index is -1.06. The molecule has 0 saturated carbocycles. The van der Waals surface area contributed by atoms with Gasteiger partial charge < -0.3 is 89.2 Å². The third kappa shape index (κ3) is 37.7. The Morgan fingerprint density at radius 3 is 1.03 bits per heavy atom. The highest BCUT2D eigenvalue weighted by Gasteiger charge is 2.44. The largest absolute Gasteiger partial charge is 0.480 e. The summed E-state index contributed by atoms with van der Waals surface area (Å²) in [6, 6.07) is 45.0. The Labute approximate surface area is 811 Å². The van der Waals surface area contributed by atoms with Gasteiger partial charge in [0.2, 0.25) is 29.5 Å². The average molecular weight is 1910 g/mol. The summed E-state index contributed by atoms with van der Waals surface area (Å²) in [7, 11) is 4.45. The summed E-state index contributed by atoms with van der Waals surface area (Å²) in [5.74, 6) is -2.04. The van der Waals surface area contributed by atoms with E-state index in [9.17, 15) is 52.7 Å². The molecule has 6 N–H and O–H groups in total. The summed E-state index contributed by atoms with van der Waals surface area (Å²) in [6.45, 7) is 29.6. The fraction of sp³-hybridized carbons (Fsp3) is 0.602. The van der Waals surface area contributed by atoms with Crippen molar-refractivity contribution in [1.82, 2.24) is 55.1 Å². The molecule has 6 saturated heterocycles. The molecule has 136 heavy (non-hydrogen) atoms. The van der Waals surface area contributed by atoms with Gasteiger partial charge in [0.15, 0.2) is 0 Å². The highest BCUT2D eigenvalue weighted by molar-refractivity contribution is 5.93. The van der Waals surface area contributed by atoms with Crippen LogP contribution in [0.4, 0.5) is 24.0 Å². The predicted octanol–water partition coefficient (Wildman–Crippen LogP) is 13.4. The smallest absolute Gasteiger partial charge is 0.410 e. The van der Waals surface area contributed by atoms with Crippen LogP contribution in [0.5, 0.6) is 0 Å². The van der Waals surface area contributed by atoms with Crippen LogP contribution in [0.1, 0.15) is 188 Å². The van der Waals surface area contributed by atoms with E-state index in [1.807, 2.05) is 142 Å². The number of likely N-dealkylation sites (tertiary alicyclic amines) is 3. The number of benzene rings is 5. The standard InChI is InChI=1S/C37H52N4O7.C29H46N4O5.C28H37N3O4.C9H17NO4.ClH/c1-27(39(5)35(44)48-37(2,3)4)33(42)38-32(30-19-23-46-24-20-30)34(43)41-21-12-17-31(41)25-40(22-18-28-13-8-6-9-14-28)36(45)47-26-29-15-10-7-11-16-29;1-21(32(5)28(36)38-29(2,3)4)26(34)31-25(23-14-18-37-19-15-23)27(35)33-17-9-12-24(33)20-30-16-13-22-10-7-6-8-11-22;29-26(24-14-18-34-19-15-24)27(32)31-16-7-12-25(31)20-30(17-13-22-8-3-1-4-9-22)28(33)35-21-23-10-5-2-6-11-23;1-6(7(11)12)10(5)8(13)14-9(2,3)4;/h6-11,13-16,27,30-32H,12,17-26H2,1-5H3,(H,38,42);6-8,10-11,21,23-25,30H,9,12-20H2,1-5H3,(H,31,34);1-6,8-11,24-26H,7,12-21,29H2;6H,1-5H3,(H,11,12);1H/t27-,31-,32-;21-,24-,25-;25-,26-;6-;/m0000./s1. The summed E-state index contributed by atoms with van der Waals surface area (Å²) < 4.78 is 43.8. The van der Waals surface area contributed by atoms with Gasteiger partial charge in [-0.25, -0.2) is 28.8 Å². The third-order valence-corrected chi connectivity index (χ3v) is 25.2. The number of carbonyl (C=O) groups is 11. The molecule has 9 atom stereocenters. The van der Waals surface area contributed by atoms with E-state index in [1.54, 1.807) is 93.0 Å². The van der Waals surface area contributed by atoms with Crippen molar-refractivity contribution >= 4 is 78.4 Å². The highest BCUT2D eigenvalue weighted by atomic mass is 35.5. The van der Waals surface area contributed by atoms with Crippen molar-refractivity contribution in [2.75, 3.05) is 120 Å². The van der Waals surface area contributed by atoms with E-state index < -0.39 is 89.3 Å². The van der Waals surface area contributed by atoms with Crippen LogP contribution >= 0.6 is 12.4 Å². The third-order valence-electron chi connectivity index (χ3n) is 25.2. The molecular formula is C103H153ClN12O20. The van der Waals surface area contributed by atoms with Gasteiger partial charge in [0.25, 0.3) is 0 Å². The Morgan fingerprint density at radius 2 is 0.699 bits per heavy atom. The number of hydrogen-bond donors (Lipinski definition) is 5. The Bertz CT molecular complexity index is 4480. The summed E-state index contributed by atoms with van der Waals surface area (Å²) in [6.07, 6.45) is 9.20. The number of nitrogens with zero attached hydrogens (tertiary/aromatic N) is 8. The molecule has 6 heterocycles. The number of nitrogens with two attached hydrogens (primary N) is 1. The van der Waals surface area contributed by atoms with Crippen molar-refractivity contribution in [2.45, 2.75) is 264 Å². The Morgan fingerprint density at radius 1 is 0.404 bits per heavy atom. The average Bonchev–Trinajstić information content (AvgIpc) is 1.62. The lowest BCUT2D eigenvalue weighted by molar-refractivity contribution is -0.142. The lowest BCUT2D eigenvalue weighted by Gasteiger charge is -2.37. The highest BCUT2D eigenvalue weighted by Crippen LogP contribution is 2.31. The lowest BCUT2D eigenvalue weighted by Crippen LogP contribution is -2.58. The molecule has 0 bridgehead atoms. The first-order valence-corrected chi connectivity index (χ1v) is 48.1. The zero-order valence-corrected chi connectivity index (χ0v) is 83.6. The van der Waals surface area contributed by atoms with Crippen LogP contribution < -0.4 is 21.7 Å². The van der Waals surface area contributed by atoms with Crippen molar-refractivity contribution in [3.05, 3.63) is 179 Å².